The lowest BCUT2D eigenvalue weighted by Gasteiger charge is -2.08. The van der Waals surface area contributed by atoms with Gasteiger partial charge in [-0.1, -0.05) is 48.6 Å². The van der Waals surface area contributed by atoms with E-state index in [4.69, 9.17) is 0 Å². The second kappa shape index (κ2) is 9.13. The van der Waals surface area contributed by atoms with E-state index in [0.717, 1.165) is 27.5 Å². The molecule has 0 spiro atoms. The molecular weight excluding hydrogens is 394 g/mol. The quantitative estimate of drug-likeness (QED) is 0.316. The molecule has 0 radical (unpaired) electrons. The number of rotatable bonds is 5. The Bertz CT molecular complexity index is 1220. The number of pyridine rings is 1. The van der Waals surface area contributed by atoms with Gasteiger partial charge in [-0.2, -0.15) is 0 Å². The Morgan fingerprint density at radius 1 is 0.839 bits per heavy atom. The lowest BCUT2D eigenvalue weighted by Crippen LogP contribution is -2.08. The number of allylic oxidation sites excluding steroid dienone is 2. The minimum Gasteiger partial charge on any atom is -0.322 e. The van der Waals surface area contributed by atoms with E-state index in [2.05, 4.69) is 10.3 Å². The molecule has 4 aromatic rings. The summed E-state index contributed by atoms with van der Waals surface area (Å²) in [5.74, 6) is -0.983. The zero-order valence-electron chi connectivity index (χ0n) is 16.4. The second-order valence-electron chi connectivity index (χ2n) is 6.84. The van der Waals surface area contributed by atoms with Gasteiger partial charge < -0.3 is 5.32 Å². The van der Waals surface area contributed by atoms with E-state index in [9.17, 15) is 13.6 Å². The average Bonchev–Trinajstić information content (AvgIpc) is 2.79. The SMILES string of the molecule is O=C(/C=C/C=C(c1ccc(F)cc1)c1ccc(F)cc1)Nc1cccc2cnccc12. The second-order valence-corrected chi connectivity index (χ2v) is 6.84. The van der Waals surface area contributed by atoms with Crippen LogP contribution in [0.3, 0.4) is 0 Å². The molecule has 31 heavy (non-hydrogen) atoms. The lowest BCUT2D eigenvalue weighted by atomic mass is 9.97. The number of aromatic nitrogens is 1. The van der Waals surface area contributed by atoms with Crippen LogP contribution in [0.2, 0.25) is 0 Å². The van der Waals surface area contributed by atoms with Crippen molar-refractivity contribution in [1.82, 2.24) is 4.98 Å². The molecular formula is C26H18F2N2O. The van der Waals surface area contributed by atoms with Crippen molar-refractivity contribution in [3.05, 3.63) is 126 Å². The van der Waals surface area contributed by atoms with Crippen LogP contribution >= 0.6 is 0 Å². The van der Waals surface area contributed by atoms with Gasteiger partial charge in [0.15, 0.2) is 0 Å². The van der Waals surface area contributed by atoms with Crippen LogP contribution < -0.4 is 5.32 Å². The number of benzene rings is 3. The Kier molecular flexibility index (Phi) is 5.94. The fraction of sp³-hybridized carbons (Fsp3) is 0. The number of nitrogens with one attached hydrogen (secondary N) is 1. The van der Waals surface area contributed by atoms with E-state index in [1.165, 1.54) is 30.3 Å². The molecule has 1 amide bonds. The van der Waals surface area contributed by atoms with Gasteiger partial charge in [0.05, 0.1) is 0 Å². The summed E-state index contributed by atoms with van der Waals surface area (Å²) < 4.78 is 26.7. The van der Waals surface area contributed by atoms with Gasteiger partial charge in [-0.15, -0.1) is 0 Å². The maximum Gasteiger partial charge on any atom is 0.248 e. The van der Waals surface area contributed by atoms with Gasteiger partial charge in [0.2, 0.25) is 5.91 Å². The van der Waals surface area contributed by atoms with Crippen LogP contribution in [0.1, 0.15) is 11.1 Å². The number of carbonyl (C=O) groups is 1. The van der Waals surface area contributed by atoms with Crippen molar-refractivity contribution in [2.24, 2.45) is 0 Å². The van der Waals surface area contributed by atoms with Gasteiger partial charge in [-0.25, -0.2) is 8.78 Å². The first-order valence-corrected chi connectivity index (χ1v) is 9.64. The monoisotopic (exact) mass is 412 g/mol. The van der Waals surface area contributed by atoms with Crippen molar-refractivity contribution in [2.45, 2.75) is 0 Å². The minimum absolute atomic E-state index is 0.293. The normalized spacial score (nSPS) is 10.9. The molecule has 0 aliphatic heterocycles. The number of hydrogen-bond acceptors (Lipinski definition) is 2. The molecule has 152 valence electrons. The van der Waals surface area contributed by atoms with Crippen molar-refractivity contribution in [1.29, 1.82) is 0 Å². The van der Waals surface area contributed by atoms with Gasteiger partial charge in [0.1, 0.15) is 11.6 Å². The maximum absolute atomic E-state index is 13.3. The highest BCUT2D eigenvalue weighted by Crippen LogP contribution is 2.25. The molecule has 0 saturated carbocycles. The van der Waals surface area contributed by atoms with E-state index in [0.29, 0.717) is 5.69 Å². The van der Waals surface area contributed by atoms with Crippen molar-refractivity contribution in [3.8, 4) is 0 Å². The number of halogens is 2. The van der Waals surface area contributed by atoms with Crippen LogP contribution in [0.4, 0.5) is 14.5 Å². The summed E-state index contributed by atoms with van der Waals surface area (Å²) in [4.78, 5) is 16.5. The first-order chi connectivity index (χ1) is 15.1. The maximum atomic E-state index is 13.3. The number of carbonyl (C=O) groups excluding carboxylic acids is 1. The zero-order chi connectivity index (χ0) is 21.6. The third-order valence-corrected chi connectivity index (χ3v) is 4.76. The molecule has 0 saturated heterocycles. The highest BCUT2D eigenvalue weighted by molar-refractivity contribution is 6.06. The van der Waals surface area contributed by atoms with Crippen LogP contribution in [0, 0.1) is 11.6 Å². The molecule has 0 atom stereocenters. The molecule has 0 unspecified atom stereocenters. The molecule has 5 heteroatoms. The van der Waals surface area contributed by atoms with Crippen LogP contribution in [0.25, 0.3) is 16.3 Å². The number of nitrogens with zero attached hydrogens (tertiary/aromatic N) is 1. The molecule has 3 nitrogen and oxygen atoms in total. The Balaban J connectivity index is 1.59. The number of anilines is 1. The number of amides is 1. The molecule has 1 heterocycles. The van der Waals surface area contributed by atoms with Crippen molar-refractivity contribution >= 4 is 27.9 Å². The summed E-state index contributed by atoms with van der Waals surface area (Å²) in [5, 5.41) is 4.70. The summed E-state index contributed by atoms with van der Waals surface area (Å²) in [6.07, 6.45) is 8.18. The number of fused-ring (bicyclic) bond motifs is 1. The van der Waals surface area contributed by atoms with Crippen LogP contribution in [-0.2, 0) is 4.79 Å². The summed E-state index contributed by atoms with van der Waals surface area (Å²) >= 11 is 0. The highest BCUT2D eigenvalue weighted by atomic mass is 19.1. The molecule has 0 bridgehead atoms. The van der Waals surface area contributed by atoms with Crippen LogP contribution in [0.5, 0.6) is 0 Å². The summed E-state index contributed by atoms with van der Waals surface area (Å²) in [5.41, 5.74) is 2.93. The third kappa shape index (κ3) is 4.90. The van der Waals surface area contributed by atoms with Gasteiger partial charge in [0.25, 0.3) is 0 Å². The van der Waals surface area contributed by atoms with Crippen molar-refractivity contribution in [2.75, 3.05) is 5.32 Å². The van der Waals surface area contributed by atoms with E-state index >= 15 is 0 Å². The van der Waals surface area contributed by atoms with E-state index in [1.54, 1.807) is 48.8 Å². The Hall–Kier alpha value is -4.12. The fourth-order valence-corrected chi connectivity index (χ4v) is 3.26. The van der Waals surface area contributed by atoms with Crippen LogP contribution in [-0.4, -0.2) is 10.9 Å². The third-order valence-electron chi connectivity index (χ3n) is 4.76. The molecule has 1 aromatic heterocycles. The Morgan fingerprint density at radius 2 is 1.48 bits per heavy atom. The van der Waals surface area contributed by atoms with Gasteiger partial charge >= 0.3 is 0 Å². The highest BCUT2D eigenvalue weighted by Gasteiger charge is 2.06. The summed E-state index contributed by atoms with van der Waals surface area (Å²) in [6, 6.07) is 19.4. The Morgan fingerprint density at radius 3 is 2.13 bits per heavy atom. The van der Waals surface area contributed by atoms with Crippen LogP contribution in [0.15, 0.2) is 103 Å². The largest absolute Gasteiger partial charge is 0.322 e. The van der Waals surface area contributed by atoms with E-state index in [1.807, 2.05) is 24.3 Å². The van der Waals surface area contributed by atoms with E-state index in [-0.39, 0.29) is 17.5 Å². The first kappa shape index (κ1) is 20.2. The fourth-order valence-electron chi connectivity index (χ4n) is 3.26. The van der Waals surface area contributed by atoms with Crippen molar-refractivity contribution < 1.29 is 13.6 Å². The van der Waals surface area contributed by atoms with Gasteiger partial charge in [-0.05, 0) is 53.1 Å². The zero-order valence-corrected chi connectivity index (χ0v) is 16.4. The molecule has 1 N–H and O–H groups in total. The summed E-state index contributed by atoms with van der Waals surface area (Å²) in [7, 11) is 0. The van der Waals surface area contributed by atoms with E-state index < -0.39 is 0 Å². The lowest BCUT2D eigenvalue weighted by molar-refractivity contribution is -0.111. The predicted octanol–water partition coefficient (Wildman–Crippen LogP) is 6.14. The summed E-state index contributed by atoms with van der Waals surface area (Å²) in [6.45, 7) is 0. The average molecular weight is 412 g/mol. The smallest absolute Gasteiger partial charge is 0.248 e. The molecule has 0 aliphatic rings. The van der Waals surface area contributed by atoms with Crippen molar-refractivity contribution in [3.63, 3.8) is 0 Å². The molecule has 0 fully saturated rings. The predicted molar refractivity (Wildman–Crippen MR) is 119 cm³/mol. The first-order valence-electron chi connectivity index (χ1n) is 9.64. The minimum atomic E-state index is -0.345. The van der Waals surface area contributed by atoms with Gasteiger partial charge in [-0.3, -0.25) is 9.78 Å². The molecule has 3 aromatic carbocycles. The number of hydrogen-bond donors (Lipinski definition) is 1. The Labute approximate surface area is 178 Å². The molecule has 0 aliphatic carbocycles. The standard InChI is InChI=1S/C26H18F2N2O/c27-21-11-7-18(8-12-21)23(19-9-13-22(28)14-10-19)4-2-6-26(31)30-25-5-1-3-20-17-29-16-15-24(20)25/h1-17H,(H,30,31)/b6-2+. The molecule has 4 rings (SSSR count). The topological polar surface area (TPSA) is 42.0 Å². The van der Waals surface area contributed by atoms with Gasteiger partial charge in [0, 0.05) is 34.9 Å².